The van der Waals surface area contributed by atoms with E-state index in [1.165, 1.54) is 6.08 Å². The zero-order valence-corrected chi connectivity index (χ0v) is 16.4. The van der Waals surface area contributed by atoms with Crippen LogP contribution in [0.4, 0.5) is 5.69 Å². The molecule has 0 bridgehead atoms. The predicted octanol–water partition coefficient (Wildman–Crippen LogP) is 3.72. The standard InChI is InChI=1S/C24H21N3O3/c1-17-8-7-11-19(16-17)23(29)25-21-13-6-5-12-20(21)24(30)27-26-22(28)15-14-18-9-3-2-4-10-18/h2-16H,1H3,(H,25,29)(H,26,28)(H,27,30)/b15-14+. The van der Waals surface area contributed by atoms with Gasteiger partial charge in [0, 0.05) is 11.6 Å². The van der Waals surface area contributed by atoms with Gasteiger partial charge in [-0.15, -0.1) is 0 Å². The highest BCUT2D eigenvalue weighted by molar-refractivity contribution is 6.09. The summed E-state index contributed by atoms with van der Waals surface area (Å²) in [5, 5.41) is 2.74. The largest absolute Gasteiger partial charge is 0.321 e. The van der Waals surface area contributed by atoms with E-state index in [4.69, 9.17) is 0 Å². The van der Waals surface area contributed by atoms with Crippen molar-refractivity contribution in [2.45, 2.75) is 6.92 Å². The van der Waals surface area contributed by atoms with E-state index in [9.17, 15) is 14.4 Å². The van der Waals surface area contributed by atoms with Crippen molar-refractivity contribution in [1.29, 1.82) is 0 Å². The first-order valence-electron chi connectivity index (χ1n) is 9.33. The second-order valence-electron chi connectivity index (χ2n) is 6.56. The lowest BCUT2D eigenvalue weighted by molar-refractivity contribution is -0.117. The van der Waals surface area contributed by atoms with Crippen LogP contribution in [0.15, 0.2) is 84.9 Å². The molecule has 3 rings (SSSR count). The molecule has 0 saturated carbocycles. The maximum Gasteiger partial charge on any atom is 0.271 e. The third kappa shape index (κ3) is 5.65. The fourth-order valence-corrected chi connectivity index (χ4v) is 2.73. The third-order valence-electron chi connectivity index (χ3n) is 4.23. The summed E-state index contributed by atoms with van der Waals surface area (Å²) in [6.45, 7) is 1.90. The highest BCUT2D eigenvalue weighted by Gasteiger charge is 2.14. The van der Waals surface area contributed by atoms with Gasteiger partial charge in [-0.3, -0.25) is 25.2 Å². The van der Waals surface area contributed by atoms with Crippen LogP contribution in [-0.4, -0.2) is 17.7 Å². The Kier molecular flexibility index (Phi) is 6.74. The molecule has 0 saturated heterocycles. The van der Waals surface area contributed by atoms with E-state index in [-0.39, 0.29) is 11.5 Å². The molecule has 3 N–H and O–H groups in total. The Morgan fingerprint density at radius 1 is 0.767 bits per heavy atom. The number of hydrazine groups is 1. The molecule has 0 aliphatic heterocycles. The Hall–Kier alpha value is -4.19. The number of para-hydroxylation sites is 1. The van der Waals surface area contributed by atoms with Crippen molar-refractivity contribution in [3.05, 3.63) is 107 Å². The van der Waals surface area contributed by atoms with E-state index in [1.807, 2.05) is 43.3 Å². The maximum absolute atomic E-state index is 12.5. The number of rotatable bonds is 5. The quantitative estimate of drug-likeness (QED) is 0.451. The molecule has 3 aromatic carbocycles. The molecule has 0 aromatic heterocycles. The highest BCUT2D eigenvalue weighted by atomic mass is 16.2. The number of nitrogens with one attached hydrogen (secondary N) is 3. The Balaban J connectivity index is 1.63. The minimum Gasteiger partial charge on any atom is -0.321 e. The molecule has 30 heavy (non-hydrogen) atoms. The average molecular weight is 399 g/mol. The Morgan fingerprint density at radius 3 is 2.27 bits per heavy atom. The number of hydrogen-bond acceptors (Lipinski definition) is 3. The average Bonchev–Trinajstić information content (AvgIpc) is 2.77. The molecule has 0 radical (unpaired) electrons. The smallest absolute Gasteiger partial charge is 0.271 e. The first-order valence-corrected chi connectivity index (χ1v) is 9.33. The van der Waals surface area contributed by atoms with E-state index in [1.54, 1.807) is 48.5 Å². The van der Waals surface area contributed by atoms with E-state index in [0.29, 0.717) is 11.3 Å². The zero-order chi connectivity index (χ0) is 21.3. The zero-order valence-electron chi connectivity index (χ0n) is 16.4. The third-order valence-corrected chi connectivity index (χ3v) is 4.23. The SMILES string of the molecule is Cc1cccc(C(=O)Nc2ccccc2C(=O)NNC(=O)/C=C/c2ccccc2)c1. The molecule has 150 valence electrons. The molecule has 0 aliphatic rings. The lowest BCUT2D eigenvalue weighted by Gasteiger charge is -2.12. The van der Waals surface area contributed by atoms with E-state index >= 15 is 0 Å². The van der Waals surface area contributed by atoms with Gasteiger partial charge in [0.2, 0.25) is 0 Å². The van der Waals surface area contributed by atoms with Crippen molar-refractivity contribution >= 4 is 29.5 Å². The van der Waals surface area contributed by atoms with E-state index in [2.05, 4.69) is 16.2 Å². The summed E-state index contributed by atoms with van der Waals surface area (Å²) < 4.78 is 0. The van der Waals surface area contributed by atoms with E-state index in [0.717, 1.165) is 11.1 Å². The van der Waals surface area contributed by atoms with Gasteiger partial charge in [-0.05, 0) is 42.8 Å². The van der Waals surface area contributed by atoms with Crippen molar-refractivity contribution < 1.29 is 14.4 Å². The molecule has 0 heterocycles. The van der Waals surface area contributed by atoms with Gasteiger partial charge in [-0.1, -0.05) is 60.2 Å². The molecule has 0 aliphatic carbocycles. The summed E-state index contributed by atoms with van der Waals surface area (Å²) in [5.41, 5.74) is 7.57. The lowest BCUT2D eigenvalue weighted by Crippen LogP contribution is -2.41. The first kappa shape index (κ1) is 20.5. The Morgan fingerprint density at radius 2 is 1.50 bits per heavy atom. The van der Waals surface area contributed by atoms with Crippen molar-refractivity contribution in [2.75, 3.05) is 5.32 Å². The Labute approximate surface area is 174 Å². The molecular formula is C24H21N3O3. The molecule has 0 unspecified atom stereocenters. The van der Waals surface area contributed by atoms with Gasteiger partial charge >= 0.3 is 0 Å². The van der Waals surface area contributed by atoms with Crippen LogP contribution in [0.25, 0.3) is 6.08 Å². The second kappa shape index (κ2) is 9.84. The van der Waals surface area contributed by atoms with Crippen molar-refractivity contribution in [1.82, 2.24) is 10.9 Å². The topological polar surface area (TPSA) is 87.3 Å². The minimum atomic E-state index is -0.545. The van der Waals surface area contributed by atoms with Gasteiger partial charge in [0.15, 0.2) is 0 Å². The van der Waals surface area contributed by atoms with Crippen LogP contribution in [-0.2, 0) is 4.79 Å². The fourth-order valence-electron chi connectivity index (χ4n) is 2.73. The summed E-state index contributed by atoms with van der Waals surface area (Å²) in [5.74, 6) is -1.35. The molecule has 6 nitrogen and oxygen atoms in total. The molecule has 6 heteroatoms. The number of hydrogen-bond donors (Lipinski definition) is 3. The molecule has 0 fully saturated rings. The van der Waals surface area contributed by atoms with Gasteiger partial charge < -0.3 is 5.32 Å². The number of carbonyl (C=O) groups excluding carboxylic acids is 3. The van der Waals surface area contributed by atoms with Crippen molar-refractivity contribution in [3.8, 4) is 0 Å². The van der Waals surface area contributed by atoms with Crippen LogP contribution < -0.4 is 16.2 Å². The van der Waals surface area contributed by atoms with E-state index < -0.39 is 11.8 Å². The van der Waals surface area contributed by atoms with Crippen LogP contribution in [0, 0.1) is 6.92 Å². The summed E-state index contributed by atoms with van der Waals surface area (Å²) in [6.07, 6.45) is 2.96. The van der Waals surface area contributed by atoms with Crippen LogP contribution in [0.2, 0.25) is 0 Å². The predicted molar refractivity (Wildman–Crippen MR) is 117 cm³/mol. The number of anilines is 1. The Bertz CT molecular complexity index is 1090. The summed E-state index contributed by atoms with van der Waals surface area (Å²) in [6, 6.07) is 23.0. The number of benzene rings is 3. The monoisotopic (exact) mass is 399 g/mol. The fraction of sp³-hybridized carbons (Fsp3) is 0.0417. The number of aryl methyl sites for hydroxylation is 1. The molecule has 0 atom stereocenters. The van der Waals surface area contributed by atoms with Gasteiger partial charge in [0.1, 0.15) is 0 Å². The number of carbonyl (C=O) groups is 3. The summed E-state index contributed by atoms with van der Waals surface area (Å²) >= 11 is 0. The van der Waals surface area contributed by atoms with Crippen molar-refractivity contribution in [2.24, 2.45) is 0 Å². The molecule has 0 spiro atoms. The molecule has 3 amide bonds. The van der Waals surface area contributed by atoms with Gasteiger partial charge in [0.25, 0.3) is 17.7 Å². The second-order valence-corrected chi connectivity index (χ2v) is 6.56. The van der Waals surface area contributed by atoms with Crippen molar-refractivity contribution in [3.63, 3.8) is 0 Å². The summed E-state index contributed by atoms with van der Waals surface area (Å²) in [7, 11) is 0. The molecule has 3 aromatic rings. The van der Waals surface area contributed by atoms with Gasteiger partial charge in [-0.25, -0.2) is 0 Å². The maximum atomic E-state index is 12.5. The normalized spacial score (nSPS) is 10.4. The van der Waals surface area contributed by atoms with Gasteiger partial charge in [-0.2, -0.15) is 0 Å². The van der Waals surface area contributed by atoms with Crippen LogP contribution >= 0.6 is 0 Å². The van der Waals surface area contributed by atoms with Crippen LogP contribution in [0.3, 0.4) is 0 Å². The summed E-state index contributed by atoms with van der Waals surface area (Å²) in [4.78, 5) is 37.0. The van der Waals surface area contributed by atoms with Crippen LogP contribution in [0.1, 0.15) is 31.8 Å². The lowest BCUT2D eigenvalue weighted by atomic mass is 10.1. The highest BCUT2D eigenvalue weighted by Crippen LogP contribution is 2.16. The van der Waals surface area contributed by atoms with Gasteiger partial charge in [0.05, 0.1) is 11.3 Å². The minimum absolute atomic E-state index is 0.228. The first-order chi connectivity index (χ1) is 14.5. The molecular weight excluding hydrogens is 378 g/mol. The van der Waals surface area contributed by atoms with Crippen LogP contribution in [0.5, 0.6) is 0 Å². The number of amides is 3.